The third kappa shape index (κ3) is 4.73. The number of benzene rings is 2. The van der Waals surface area contributed by atoms with Gasteiger partial charge in [-0.05, 0) is 73.9 Å². The van der Waals surface area contributed by atoms with Crippen molar-refractivity contribution in [3.8, 4) is 11.3 Å². The predicted molar refractivity (Wildman–Crippen MR) is 124 cm³/mol. The first-order chi connectivity index (χ1) is 15.5. The average molecular weight is 472 g/mol. The number of nitrogens with zero attached hydrogens (tertiary/aromatic N) is 2. The Hall–Kier alpha value is -3.32. The maximum absolute atomic E-state index is 13.4. The zero-order valence-corrected chi connectivity index (χ0v) is 19.0. The van der Waals surface area contributed by atoms with Crippen LogP contribution in [0.2, 0.25) is 5.02 Å². The summed E-state index contributed by atoms with van der Waals surface area (Å²) in [6, 6.07) is 13.0. The molecule has 1 amide bonds. The number of hydrogen-bond acceptors (Lipinski definition) is 2. The summed E-state index contributed by atoms with van der Waals surface area (Å²) in [7, 11) is 0. The smallest absolute Gasteiger partial charge is 0.325 e. The Bertz CT molecular complexity index is 1380. The molecule has 0 atom stereocenters. The highest BCUT2D eigenvalue weighted by molar-refractivity contribution is 6.30. The van der Waals surface area contributed by atoms with Gasteiger partial charge in [0, 0.05) is 16.8 Å². The minimum Gasteiger partial charge on any atom is -0.325 e. The summed E-state index contributed by atoms with van der Waals surface area (Å²) < 4.78 is 42.1. The van der Waals surface area contributed by atoms with E-state index >= 15 is 0 Å². The summed E-state index contributed by atoms with van der Waals surface area (Å²) >= 11 is 5.74. The number of carbonyl (C=O) groups excluding carboxylic acids is 1. The van der Waals surface area contributed by atoms with Crippen LogP contribution in [0, 0.1) is 20.8 Å². The molecular formula is C25H21ClF3N3O. The topological polar surface area (TPSA) is 46.4 Å². The summed E-state index contributed by atoms with van der Waals surface area (Å²) in [6.45, 7) is 5.94. The Balaban J connectivity index is 1.74. The van der Waals surface area contributed by atoms with Gasteiger partial charge in [-0.2, -0.15) is 13.2 Å². The van der Waals surface area contributed by atoms with E-state index in [1.807, 2.05) is 57.3 Å². The molecule has 2 aromatic heterocycles. The lowest BCUT2D eigenvalue weighted by Gasteiger charge is -2.14. The van der Waals surface area contributed by atoms with Gasteiger partial charge in [-0.1, -0.05) is 23.7 Å². The Morgan fingerprint density at radius 2 is 1.79 bits per heavy atom. The van der Waals surface area contributed by atoms with E-state index in [2.05, 4.69) is 5.32 Å². The molecule has 0 aliphatic heterocycles. The van der Waals surface area contributed by atoms with E-state index in [9.17, 15) is 18.0 Å². The lowest BCUT2D eigenvalue weighted by atomic mass is 10.0. The number of hydrogen-bond donors (Lipinski definition) is 1. The van der Waals surface area contributed by atoms with Crippen molar-refractivity contribution in [1.29, 1.82) is 0 Å². The zero-order valence-electron chi connectivity index (χ0n) is 18.2. The molecule has 4 aromatic rings. The fraction of sp³-hybridized carbons (Fsp3) is 0.200. The highest BCUT2D eigenvalue weighted by Crippen LogP contribution is 2.36. The maximum Gasteiger partial charge on any atom is 0.418 e. The molecule has 0 spiro atoms. The quantitative estimate of drug-likeness (QED) is 0.356. The standard InChI is InChI=1S/C25H21ClF3N3O/c1-14-8-9-32-21(24(31-22(32)10-14)17-5-4-15(2)16(3)11-17)13-23(33)30-20-7-6-18(26)12-19(20)25(27,28)29/h4-12H,13H2,1-3H3,(H,30,33). The molecule has 0 unspecified atom stereocenters. The van der Waals surface area contributed by atoms with E-state index in [-0.39, 0.29) is 17.1 Å². The number of aromatic nitrogens is 2. The van der Waals surface area contributed by atoms with Crippen LogP contribution in [0.25, 0.3) is 16.9 Å². The molecule has 0 saturated carbocycles. The molecule has 33 heavy (non-hydrogen) atoms. The van der Waals surface area contributed by atoms with E-state index in [1.165, 1.54) is 6.07 Å². The van der Waals surface area contributed by atoms with Gasteiger partial charge in [0.15, 0.2) is 0 Å². The molecule has 8 heteroatoms. The first-order valence-corrected chi connectivity index (χ1v) is 10.6. The van der Waals surface area contributed by atoms with Crippen LogP contribution >= 0.6 is 11.6 Å². The largest absolute Gasteiger partial charge is 0.418 e. The normalized spacial score (nSPS) is 11.7. The summed E-state index contributed by atoms with van der Waals surface area (Å²) in [6.07, 6.45) is -3.00. The number of fused-ring (bicyclic) bond motifs is 1. The van der Waals surface area contributed by atoms with Gasteiger partial charge in [-0.15, -0.1) is 0 Å². The number of imidazole rings is 1. The summed E-state index contributed by atoms with van der Waals surface area (Å²) in [5, 5.41) is 2.34. The van der Waals surface area contributed by atoms with Crippen molar-refractivity contribution in [2.24, 2.45) is 0 Å². The Labute approximate surface area is 194 Å². The summed E-state index contributed by atoms with van der Waals surface area (Å²) in [4.78, 5) is 17.6. The summed E-state index contributed by atoms with van der Waals surface area (Å²) in [5.74, 6) is -0.588. The number of anilines is 1. The SMILES string of the molecule is Cc1ccn2c(CC(=O)Nc3ccc(Cl)cc3C(F)(F)F)c(-c3ccc(C)c(C)c3)nc2c1. The maximum atomic E-state index is 13.4. The van der Waals surface area contributed by atoms with Crippen LogP contribution in [0.3, 0.4) is 0 Å². The Morgan fingerprint density at radius 1 is 1.03 bits per heavy atom. The van der Waals surface area contributed by atoms with E-state index in [4.69, 9.17) is 16.6 Å². The van der Waals surface area contributed by atoms with Gasteiger partial charge < -0.3 is 9.72 Å². The van der Waals surface area contributed by atoms with Crippen LogP contribution in [0.15, 0.2) is 54.7 Å². The molecule has 0 aliphatic carbocycles. The number of aryl methyl sites for hydroxylation is 3. The van der Waals surface area contributed by atoms with Crippen molar-refractivity contribution in [2.45, 2.75) is 33.4 Å². The van der Waals surface area contributed by atoms with Gasteiger partial charge >= 0.3 is 6.18 Å². The minimum absolute atomic E-state index is 0.0606. The molecule has 1 N–H and O–H groups in total. The number of amides is 1. The van der Waals surface area contributed by atoms with Gasteiger partial charge in [0.25, 0.3) is 0 Å². The second-order valence-electron chi connectivity index (χ2n) is 8.05. The molecule has 0 bridgehead atoms. The monoisotopic (exact) mass is 471 g/mol. The van der Waals surface area contributed by atoms with Crippen molar-refractivity contribution in [3.63, 3.8) is 0 Å². The molecule has 2 heterocycles. The van der Waals surface area contributed by atoms with Gasteiger partial charge in [0.05, 0.1) is 29.1 Å². The van der Waals surface area contributed by atoms with Crippen LogP contribution in [0.5, 0.6) is 0 Å². The van der Waals surface area contributed by atoms with Crippen LogP contribution in [0.1, 0.15) is 27.9 Å². The zero-order chi connectivity index (χ0) is 23.9. The minimum atomic E-state index is -4.65. The van der Waals surface area contributed by atoms with E-state index < -0.39 is 17.6 Å². The average Bonchev–Trinajstić information content (AvgIpc) is 3.07. The first-order valence-electron chi connectivity index (χ1n) is 10.2. The highest BCUT2D eigenvalue weighted by atomic mass is 35.5. The van der Waals surface area contributed by atoms with Crippen LogP contribution in [0.4, 0.5) is 18.9 Å². The molecule has 2 aromatic carbocycles. The highest BCUT2D eigenvalue weighted by Gasteiger charge is 2.34. The number of carbonyl (C=O) groups is 1. The van der Waals surface area contributed by atoms with Crippen LogP contribution in [-0.2, 0) is 17.4 Å². The van der Waals surface area contributed by atoms with Crippen molar-refractivity contribution in [2.75, 3.05) is 5.32 Å². The van der Waals surface area contributed by atoms with E-state index in [0.29, 0.717) is 17.0 Å². The van der Waals surface area contributed by atoms with Gasteiger partial charge in [-0.25, -0.2) is 4.98 Å². The third-order valence-corrected chi connectivity index (χ3v) is 5.79. The second kappa shape index (κ2) is 8.56. The van der Waals surface area contributed by atoms with Crippen molar-refractivity contribution < 1.29 is 18.0 Å². The molecule has 0 saturated heterocycles. The van der Waals surface area contributed by atoms with Crippen molar-refractivity contribution >= 4 is 28.8 Å². The number of nitrogens with one attached hydrogen (secondary N) is 1. The number of halogens is 4. The molecule has 4 rings (SSSR count). The van der Waals surface area contributed by atoms with E-state index in [0.717, 1.165) is 34.4 Å². The third-order valence-electron chi connectivity index (χ3n) is 5.55. The molecule has 0 fully saturated rings. The van der Waals surface area contributed by atoms with Gasteiger partial charge in [0.1, 0.15) is 5.65 Å². The first kappa shape index (κ1) is 22.9. The fourth-order valence-electron chi connectivity index (χ4n) is 3.69. The van der Waals surface area contributed by atoms with Crippen LogP contribution < -0.4 is 5.32 Å². The lowest BCUT2D eigenvalue weighted by molar-refractivity contribution is -0.137. The predicted octanol–water partition coefficient (Wildman–Crippen LogP) is 6.78. The second-order valence-corrected chi connectivity index (χ2v) is 8.49. The molecule has 0 radical (unpaired) electrons. The van der Waals surface area contributed by atoms with Crippen molar-refractivity contribution in [3.05, 3.63) is 87.7 Å². The van der Waals surface area contributed by atoms with Gasteiger partial charge in [0.2, 0.25) is 5.91 Å². The fourth-order valence-corrected chi connectivity index (χ4v) is 3.86. The number of alkyl halides is 3. The molecular weight excluding hydrogens is 451 g/mol. The summed E-state index contributed by atoms with van der Waals surface area (Å²) in [5.41, 5.74) is 4.58. The lowest BCUT2D eigenvalue weighted by Crippen LogP contribution is -2.19. The number of rotatable bonds is 4. The molecule has 4 nitrogen and oxygen atoms in total. The Morgan fingerprint density at radius 3 is 2.48 bits per heavy atom. The Kier molecular flexibility index (Phi) is 5.93. The number of pyridine rings is 1. The molecule has 170 valence electrons. The van der Waals surface area contributed by atoms with Gasteiger partial charge in [-0.3, -0.25) is 4.79 Å². The molecule has 0 aliphatic rings. The van der Waals surface area contributed by atoms with E-state index in [1.54, 1.807) is 4.40 Å². The van der Waals surface area contributed by atoms with Crippen molar-refractivity contribution in [1.82, 2.24) is 9.38 Å². The van der Waals surface area contributed by atoms with Crippen LogP contribution in [-0.4, -0.2) is 15.3 Å².